The Balaban J connectivity index is 2.01. The van der Waals surface area contributed by atoms with E-state index in [0.717, 1.165) is 35.9 Å². The molecule has 2 rings (SSSR count). The third-order valence-electron chi connectivity index (χ3n) is 3.21. The topological polar surface area (TPSA) is 34.4 Å². The lowest BCUT2D eigenvalue weighted by Crippen LogP contribution is -2.10. The van der Waals surface area contributed by atoms with Crippen LogP contribution in [0.15, 0.2) is 28.7 Å². The molecule has 0 fully saturated rings. The van der Waals surface area contributed by atoms with Crippen molar-refractivity contribution in [3.05, 3.63) is 52.5 Å². The van der Waals surface area contributed by atoms with E-state index in [1.54, 1.807) is 0 Å². The van der Waals surface area contributed by atoms with Crippen LogP contribution < -0.4 is 10.1 Å². The molecule has 0 saturated carbocycles. The van der Waals surface area contributed by atoms with Crippen LogP contribution in [0.1, 0.15) is 35.1 Å². The number of aryl methyl sites for hydroxylation is 3. The van der Waals surface area contributed by atoms with Crippen molar-refractivity contribution in [2.24, 2.45) is 0 Å². The van der Waals surface area contributed by atoms with Crippen LogP contribution in [0.5, 0.6) is 5.75 Å². The highest BCUT2D eigenvalue weighted by Gasteiger charge is 2.08. The molecule has 0 aliphatic heterocycles. The molecule has 2 aromatic rings. The first-order chi connectivity index (χ1) is 9.58. The summed E-state index contributed by atoms with van der Waals surface area (Å²) in [6, 6.07) is 8.33. The lowest BCUT2D eigenvalue weighted by atomic mass is 10.1. The van der Waals surface area contributed by atoms with Crippen molar-refractivity contribution in [3.8, 4) is 5.75 Å². The molecule has 0 amide bonds. The van der Waals surface area contributed by atoms with Gasteiger partial charge in [-0.15, -0.1) is 0 Å². The summed E-state index contributed by atoms with van der Waals surface area (Å²) >= 11 is 0. The molecule has 108 valence electrons. The SMILES string of the molecule is CCNCc1cc(COc2cc(C)cc(C)c2)c(C)o1. The summed E-state index contributed by atoms with van der Waals surface area (Å²) in [5, 5.41) is 3.26. The number of benzene rings is 1. The summed E-state index contributed by atoms with van der Waals surface area (Å²) in [5.41, 5.74) is 3.55. The van der Waals surface area contributed by atoms with E-state index in [2.05, 4.69) is 50.4 Å². The Hall–Kier alpha value is -1.74. The van der Waals surface area contributed by atoms with E-state index in [1.165, 1.54) is 11.1 Å². The van der Waals surface area contributed by atoms with Crippen molar-refractivity contribution in [1.82, 2.24) is 5.32 Å². The second-order valence-electron chi connectivity index (χ2n) is 5.19. The van der Waals surface area contributed by atoms with E-state index in [0.29, 0.717) is 6.61 Å². The minimum absolute atomic E-state index is 0.546. The van der Waals surface area contributed by atoms with Crippen LogP contribution >= 0.6 is 0 Å². The van der Waals surface area contributed by atoms with Crippen LogP contribution in [0.4, 0.5) is 0 Å². The zero-order valence-electron chi connectivity index (χ0n) is 12.7. The summed E-state index contributed by atoms with van der Waals surface area (Å²) in [6.07, 6.45) is 0. The molecule has 0 bridgehead atoms. The van der Waals surface area contributed by atoms with E-state index >= 15 is 0 Å². The van der Waals surface area contributed by atoms with Gasteiger partial charge >= 0.3 is 0 Å². The molecule has 0 aliphatic rings. The molecule has 1 heterocycles. The third-order valence-corrected chi connectivity index (χ3v) is 3.21. The Morgan fingerprint density at radius 2 is 1.75 bits per heavy atom. The van der Waals surface area contributed by atoms with Crippen molar-refractivity contribution in [1.29, 1.82) is 0 Å². The quantitative estimate of drug-likeness (QED) is 0.867. The highest BCUT2D eigenvalue weighted by atomic mass is 16.5. The fourth-order valence-corrected chi connectivity index (χ4v) is 2.24. The number of nitrogens with one attached hydrogen (secondary N) is 1. The van der Waals surface area contributed by atoms with Gasteiger partial charge in [0.15, 0.2) is 0 Å². The van der Waals surface area contributed by atoms with Crippen LogP contribution in [0.3, 0.4) is 0 Å². The average molecular weight is 273 g/mol. The van der Waals surface area contributed by atoms with E-state index in [-0.39, 0.29) is 0 Å². The Bertz CT molecular complexity index is 552. The predicted octanol–water partition coefficient (Wildman–Crippen LogP) is 3.89. The summed E-state index contributed by atoms with van der Waals surface area (Å²) < 4.78 is 11.6. The molecular weight excluding hydrogens is 250 g/mol. The van der Waals surface area contributed by atoms with E-state index in [4.69, 9.17) is 9.15 Å². The molecule has 0 saturated heterocycles. The second kappa shape index (κ2) is 6.62. The zero-order chi connectivity index (χ0) is 14.5. The zero-order valence-corrected chi connectivity index (χ0v) is 12.7. The molecule has 0 spiro atoms. The van der Waals surface area contributed by atoms with Crippen molar-refractivity contribution < 1.29 is 9.15 Å². The molecule has 20 heavy (non-hydrogen) atoms. The summed E-state index contributed by atoms with van der Waals surface area (Å²) in [4.78, 5) is 0. The first-order valence-corrected chi connectivity index (χ1v) is 7.08. The molecule has 3 nitrogen and oxygen atoms in total. The van der Waals surface area contributed by atoms with Crippen molar-refractivity contribution in [3.63, 3.8) is 0 Å². The third kappa shape index (κ3) is 3.87. The lowest BCUT2D eigenvalue weighted by Gasteiger charge is -2.07. The van der Waals surface area contributed by atoms with E-state index in [1.807, 2.05) is 6.92 Å². The normalized spacial score (nSPS) is 10.8. The molecular formula is C17H23NO2. The molecule has 0 radical (unpaired) electrons. The maximum absolute atomic E-state index is 5.87. The Labute approximate surface area is 121 Å². The van der Waals surface area contributed by atoms with E-state index in [9.17, 15) is 0 Å². The predicted molar refractivity (Wildman–Crippen MR) is 81.1 cm³/mol. The summed E-state index contributed by atoms with van der Waals surface area (Å²) in [7, 11) is 0. The maximum Gasteiger partial charge on any atom is 0.120 e. The van der Waals surface area contributed by atoms with Crippen molar-refractivity contribution >= 4 is 0 Å². The smallest absolute Gasteiger partial charge is 0.120 e. The van der Waals surface area contributed by atoms with Gasteiger partial charge in [0.05, 0.1) is 6.54 Å². The second-order valence-corrected chi connectivity index (χ2v) is 5.19. The average Bonchev–Trinajstić information content (AvgIpc) is 2.73. The molecule has 1 aromatic carbocycles. The van der Waals surface area contributed by atoms with Gasteiger partial charge in [0.25, 0.3) is 0 Å². The Kier molecular flexibility index (Phi) is 4.85. The van der Waals surface area contributed by atoms with Crippen LogP contribution in [0.2, 0.25) is 0 Å². The maximum atomic E-state index is 5.87. The van der Waals surface area contributed by atoms with Crippen LogP contribution in [0.25, 0.3) is 0 Å². The number of hydrogen-bond donors (Lipinski definition) is 1. The fourth-order valence-electron chi connectivity index (χ4n) is 2.24. The van der Waals surface area contributed by atoms with Crippen LogP contribution in [0, 0.1) is 20.8 Å². The van der Waals surface area contributed by atoms with Crippen molar-refractivity contribution in [2.45, 2.75) is 40.8 Å². The Morgan fingerprint density at radius 3 is 2.40 bits per heavy atom. The van der Waals surface area contributed by atoms with Gasteiger partial charge < -0.3 is 14.5 Å². The minimum Gasteiger partial charge on any atom is -0.489 e. The van der Waals surface area contributed by atoms with Gasteiger partial charge in [-0.3, -0.25) is 0 Å². The first kappa shape index (κ1) is 14.7. The first-order valence-electron chi connectivity index (χ1n) is 7.08. The van der Waals surface area contributed by atoms with Gasteiger partial charge in [-0.05, 0) is 56.6 Å². The van der Waals surface area contributed by atoms with Crippen molar-refractivity contribution in [2.75, 3.05) is 6.54 Å². The molecule has 0 atom stereocenters. The lowest BCUT2D eigenvalue weighted by molar-refractivity contribution is 0.302. The number of hydrogen-bond acceptors (Lipinski definition) is 3. The molecule has 0 aliphatic carbocycles. The Morgan fingerprint density at radius 1 is 1.05 bits per heavy atom. The number of furan rings is 1. The molecule has 3 heteroatoms. The standard InChI is InChI=1S/C17H23NO2/c1-5-18-10-17-9-15(14(4)20-17)11-19-16-7-12(2)6-13(3)8-16/h6-9,18H,5,10-11H2,1-4H3. The summed E-state index contributed by atoms with van der Waals surface area (Å²) in [5.74, 6) is 2.81. The molecule has 0 unspecified atom stereocenters. The van der Waals surface area contributed by atoms with Gasteiger partial charge in [-0.1, -0.05) is 13.0 Å². The highest BCUT2D eigenvalue weighted by molar-refractivity contribution is 5.33. The highest BCUT2D eigenvalue weighted by Crippen LogP contribution is 2.20. The number of ether oxygens (including phenoxy) is 1. The molecule has 1 aromatic heterocycles. The van der Waals surface area contributed by atoms with Gasteiger partial charge in [0.2, 0.25) is 0 Å². The fraction of sp³-hybridized carbons (Fsp3) is 0.412. The van der Waals surface area contributed by atoms with Crippen LogP contribution in [-0.4, -0.2) is 6.54 Å². The van der Waals surface area contributed by atoms with E-state index < -0.39 is 0 Å². The van der Waals surface area contributed by atoms with Gasteiger partial charge in [0, 0.05) is 5.56 Å². The minimum atomic E-state index is 0.546. The van der Waals surface area contributed by atoms with Gasteiger partial charge in [-0.25, -0.2) is 0 Å². The monoisotopic (exact) mass is 273 g/mol. The van der Waals surface area contributed by atoms with Gasteiger partial charge in [0.1, 0.15) is 23.9 Å². The molecule has 1 N–H and O–H groups in total. The van der Waals surface area contributed by atoms with Gasteiger partial charge in [-0.2, -0.15) is 0 Å². The number of rotatable bonds is 6. The largest absolute Gasteiger partial charge is 0.489 e. The van der Waals surface area contributed by atoms with Crippen LogP contribution in [-0.2, 0) is 13.2 Å². The summed E-state index contributed by atoms with van der Waals surface area (Å²) in [6.45, 7) is 10.5.